The molecular formula is C14H13N5O5. The minimum absolute atomic E-state index is 0.153. The predicted octanol–water partition coefficient (Wildman–Crippen LogP) is 0.731. The molecule has 0 aliphatic heterocycles. The van der Waals surface area contributed by atoms with Crippen LogP contribution in [0.4, 0.5) is 11.4 Å². The Labute approximate surface area is 135 Å². The van der Waals surface area contributed by atoms with E-state index in [4.69, 9.17) is 5.73 Å². The summed E-state index contributed by atoms with van der Waals surface area (Å²) in [7, 11) is 0. The Morgan fingerprint density at radius 1 is 1.38 bits per heavy atom. The van der Waals surface area contributed by atoms with Gasteiger partial charge in [-0.1, -0.05) is 12.1 Å². The molecule has 0 saturated heterocycles. The van der Waals surface area contributed by atoms with E-state index in [0.29, 0.717) is 11.3 Å². The van der Waals surface area contributed by atoms with Crippen molar-refractivity contribution in [2.75, 3.05) is 5.32 Å². The molecule has 10 heteroatoms. The van der Waals surface area contributed by atoms with Gasteiger partial charge in [0.2, 0.25) is 11.6 Å². The molecular weight excluding hydrogens is 318 g/mol. The van der Waals surface area contributed by atoms with Crippen molar-refractivity contribution in [1.29, 1.82) is 0 Å². The number of carbonyl (C=O) groups excluding carboxylic acids is 3. The van der Waals surface area contributed by atoms with Crippen molar-refractivity contribution in [2.45, 2.75) is 13.5 Å². The molecule has 0 saturated carbocycles. The molecule has 0 aliphatic rings. The molecule has 124 valence electrons. The Bertz CT molecular complexity index is 810. The maximum Gasteiger partial charge on any atom is 0.320 e. The van der Waals surface area contributed by atoms with Crippen molar-refractivity contribution in [3.05, 3.63) is 51.8 Å². The van der Waals surface area contributed by atoms with Gasteiger partial charge >= 0.3 is 5.69 Å². The number of amides is 2. The van der Waals surface area contributed by atoms with Gasteiger partial charge in [0, 0.05) is 11.3 Å². The Kier molecular flexibility index (Phi) is 4.68. The number of carbonyl (C=O) groups is 3. The summed E-state index contributed by atoms with van der Waals surface area (Å²) in [6, 6.07) is 6.30. The summed E-state index contributed by atoms with van der Waals surface area (Å²) in [5, 5.41) is 17.0. The molecule has 0 radical (unpaired) electrons. The monoisotopic (exact) mass is 331 g/mol. The molecule has 0 fully saturated rings. The third-order valence-electron chi connectivity index (χ3n) is 3.03. The zero-order valence-electron chi connectivity index (χ0n) is 12.6. The van der Waals surface area contributed by atoms with E-state index in [1.165, 1.54) is 13.0 Å². The maximum absolute atomic E-state index is 12.0. The van der Waals surface area contributed by atoms with Gasteiger partial charge in [0.05, 0.1) is 4.92 Å². The average molecular weight is 331 g/mol. The number of rotatable bonds is 6. The first-order valence-corrected chi connectivity index (χ1v) is 6.70. The Hall–Kier alpha value is -3.56. The third kappa shape index (κ3) is 3.80. The lowest BCUT2D eigenvalue weighted by molar-refractivity contribution is -0.385. The van der Waals surface area contributed by atoms with Crippen molar-refractivity contribution in [3.8, 4) is 0 Å². The minimum atomic E-state index is -1.06. The van der Waals surface area contributed by atoms with E-state index in [-0.39, 0.29) is 12.3 Å². The highest BCUT2D eigenvalue weighted by Crippen LogP contribution is 2.16. The summed E-state index contributed by atoms with van der Waals surface area (Å²) in [6.45, 7) is 1.04. The number of Topliss-reactive ketones (excluding diaryl/α,β-unsaturated/α-hetero) is 1. The Morgan fingerprint density at radius 3 is 2.62 bits per heavy atom. The van der Waals surface area contributed by atoms with Gasteiger partial charge in [-0.3, -0.25) is 29.2 Å². The highest BCUT2D eigenvalue weighted by molar-refractivity contribution is 5.97. The van der Waals surface area contributed by atoms with E-state index in [2.05, 4.69) is 10.4 Å². The number of anilines is 1. The minimum Gasteiger partial charge on any atom is -0.364 e. The number of hydrogen-bond donors (Lipinski definition) is 2. The SMILES string of the molecule is CC(=O)c1cccc(NC(=O)Cn2cc([N+](=O)[O-])c(C(N)=O)n2)c1. The van der Waals surface area contributed by atoms with Crippen LogP contribution in [0.2, 0.25) is 0 Å². The van der Waals surface area contributed by atoms with E-state index >= 15 is 0 Å². The molecule has 0 spiro atoms. The number of primary amides is 1. The number of nitrogens with one attached hydrogen (secondary N) is 1. The van der Waals surface area contributed by atoms with Crippen LogP contribution in [0, 0.1) is 10.1 Å². The van der Waals surface area contributed by atoms with E-state index in [9.17, 15) is 24.5 Å². The van der Waals surface area contributed by atoms with Crippen LogP contribution >= 0.6 is 0 Å². The van der Waals surface area contributed by atoms with Crippen molar-refractivity contribution < 1.29 is 19.3 Å². The second-order valence-electron chi connectivity index (χ2n) is 4.87. The fraction of sp³-hybridized carbons (Fsp3) is 0.143. The first-order chi connectivity index (χ1) is 11.3. The molecule has 0 bridgehead atoms. The molecule has 24 heavy (non-hydrogen) atoms. The topological polar surface area (TPSA) is 150 Å². The fourth-order valence-electron chi connectivity index (χ4n) is 1.96. The molecule has 0 atom stereocenters. The Morgan fingerprint density at radius 2 is 2.08 bits per heavy atom. The highest BCUT2D eigenvalue weighted by Gasteiger charge is 2.24. The Balaban J connectivity index is 2.14. The molecule has 2 rings (SSSR count). The second-order valence-corrected chi connectivity index (χ2v) is 4.87. The summed E-state index contributed by atoms with van der Waals surface area (Å²) in [6.07, 6.45) is 0.950. The second kappa shape index (κ2) is 6.69. The molecule has 1 aromatic carbocycles. The molecule has 1 aromatic heterocycles. The van der Waals surface area contributed by atoms with Crippen LogP contribution < -0.4 is 11.1 Å². The van der Waals surface area contributed by atoms with Gasteiger partial charge in [0.25, 0.3) is 5.91 Å². The molecule has 0 unspecified atom stereocenters. The molecule has 0 aliphatic carbocycles. The maximum atomic E-state index is 12.0. The van der Waals surface area contributed by atoms with Crippen LogP contribution in [-0.4, -0.2) is 32.3 Å². The van der Waals surface area contributed by atoms with Gasteiger partial charge in [0.15, 0.2) is 5.78 Å². The number of ketones is 1. The van der Waals surface area contributed by atoms with Gasteiger partial charge in [-0.25, -0.2) is 0 Å². The summed E-state index contributed by atoms with van der Waals surface area (Å²) in [5.74, 6) is -1.75. The summed E-state index contributed by atoms with van der Waals surface area (Å²) in [4.78, 5) is 44.4. The zero-order valence-corrected chi connectivity index (χ0v) is 12.6. The third-order valence-corrected chi connectivity index (χ3v) is 3.03. The van der Waals surface area contributed by atoms with Crippen molar-refractivity contribution in [1.82, 2.24) is 9.78 Å². The van der Waals surface area contributed by atoms with Crippen molar-refractivity contribution in [3.63, 3.8) is 0 Å². The number of benzene rings is 1. The number of hydrogen-bond acceptors (Lipinski definition) is 6. The van der Waals surface area contributed by atoms with Gasteiger partial charge in [-0.2, -0.15) is 5.10 Å². The summed E-state index contributed by atoms with van der Waals surface area (Å²) >= 11 is 0. The first-order valence-electron chi connectivity index (χ1n) is 6.70. The van der Waals surface area contributed by atoms with Crippen molar-refractivity contribution in [2.24, 2.45) is 5.73 Å². The molecule has 10 nitrogen and oxygen atoms in total. The van der Waals surface area contributed by atoms with E-state index < -0.39 is 28.1 Å². The number of aromatic nitrogens is 2. The largest absolute Gasteiger partial charge is 0.364 e. The zero-order chi connectivity index (χ0) is 17.9. The van der Waals surface area contributed by atoms with Crippen LogP contribution in [0.3, 0.4) is 0 Å². The van der Waals surface area contributed by atoms with E-state index in [0.717, 1.165) is 10.9 Å². The van der Waals surface area contributed by atoms with Crippen LogP contribution in [0.1, 0.15) is 27.8 Å². The molecule has 1 heterocycles. The van der Waals surface area contributed by atoms with Gasteiger partial charge < -0.3 is 11.1 Å². The number of nitro groups is 1. The summed E-state index contributed by atoms with van der Waals surface area (Å²) < 4.78 is 0.947. The smallest absolute Gasteiger partial charge is 0.320 e. The van der Waals surface area contributed by atoms with Crippen LogP contribution in [0.25, 0.3) is 0 Å². The molecule has 3 N–H and O–H groups in total. The number of nitrogens with zero attached hydrogens (tertiary/aromatic N) is 3. The predicted molar refractivity (Wildman–Crippen MR) is 82.5 cm³/mol. The standard InChI is InChI=1S/C14H13N5O5/c1-8(20)9-3-2-4-10(5-9)16-12(21)7-18-6-11(19(23)24)13(17-18)14(15)22/h2-6H,7H2,1H3,(H2,15,22)(H,16,21). The van der Waals surface area contributed by atoms with Crippen LogP contribution in [0.5, 0.6) is 0 Å². The lowest BCUT2D eigenvalue weighted by atomic mass is 10.1. The number of nitrogens with two attached hydrogens (primary N) is 1. The van der Waals surface area contributed by atoms with Gasteiger partial charge in [0.1, 0.15) is 12.7 Å². The quantitative estimate of drug-likeness (QED) is 0.452. The summed E-state index contributed by atoms with van der Waals surface area (Å²) in [5.41, 5.74) is 4.74. The van der Waals surface area contributed by atoms with Crippen molar-refractivity contribution >= 4 is 29.0 Å². The molecule has 2 amide bonds. The van der Waals surface area contributed by atoms with E-state index in [1.807, 2.05) is 0 Å². The lowest BCUT2D eigenvalue weighted by Gasteiger charge is -2.06. The molecule has 2 aromatic rings. The first kappa shape index (κ1) is 16.8. The normalized spacial score (nSPS) is 10.2. The average Bonchev–Trinajstić information content (AvgIpc) is 2.91. The van der Waals surface area contributed by atoms with Crippen LogP contribution in [0.15, 0.2) is 30.5 Å². The lowest BCUT2D eigenvalue weighted by Crippen LogP contribution is -2.20. The van der Waals surface area contributed by atoms with Crippen LogP contribution in [-0.2, 0) is 11.3 Å². The highest BCUT2D eigenvalue weighted by atomic mass is 16.6. The fourth-order valence-corrected chi connectivity index (χ4v) is 1.96. The van der Waals surface area contributed by atoms with Gasteiger partial charge in [-0.15, -0.1) is 0 Å². The van der Waals surface area contributed by atoms with Gasteiger partial charge in [-0.05, 0) is 19.1 Å². The van der Waals surface area contributed by atoms with E-state index in [1.54, 1.807) is 18.2 Å².